The minimum absolute atomic E-state index is 0.107. The molecule has 2 fully saturated rings. The zero-order valence-electron chi connectivity index (χ0n) is 39.0. The van der Waals surface area contributed by atoms with Crippen LogP contribution < -0.4 is 16.2 Å². The first kappa shape index (κ1) is 48.6. The van der Waals surface area contributed by atoms with Crippen molar-refractivity contribution in [2.24, 2.45) is 11.3 Å². The Bertz CT molecular complexity index is 2290. The smallest absolute Gasteiger partial charge is 0.464 e. The van der Waals surface area contributed by atoms with E-state index in [4.69, 9.17) is 28.5 Å². The van der Waals surface area contributed by atoms with Crippen molar-refractivity contribution in [2.75, 3.05) is 20.3 Å². The van der Waals surface area contributed by atoms with Crippen molar-refractivity contribution in [3.8, 4) is 11.3 Å². The van der Waals surface area contributed by atoms with Gasteiger partial charge in [-0.2, -0.15) is 0 Å². The molecule has 3 aromatic heterocycles. The largest absolute Gasteiger partial charge is 0.494 e. The van der Waals surface area contributed by atoms with Gasteiger partial charge in [0.15, 0.2) is 0 Å². The summed E-state index contributed by atoms with van der Waals surface area (Å²) in [6.07, 6.45) is 2.04. The number of hydrogen-bond donors (Lipinski definition) is 2. The maximum atomic E-state index is 14.1. The summed E-state index contributed by atoms with van der Waals surface area (Å²) in [6, 6.07) is 8.65. The molecule has 63 heavy (non-hydrogen) atoms. The maximum Gasteiger partial charge on any atom is 0.494 e. The highest BCUT2D eigenvalue weighted by Crippen LogP contribution is 2.41. The lowest BCUT2D eigenvalue weighted by Gasteiger charge is -2.38. The Morgan fingerprint density at radius 3 is 2.43 bits per heavy atom. The van der Waals surface area contributed by atoms with Crippen LogP contribution in [-0.2, 0) is 52.5 Å². The predicted octanol–water partition coefficient (Wildman–Crippen LogP) is 7.94. The van der Waals surface area contributed by atoms with Crippen molar-refractivity contribution in [1.29, 1.82) is 0 Å². The molecule has 5 heterocycles. The molecule has 1 aromatic carbocycles. The molecular weight excluding hydrogens is 887 g/mol. The van der Waals surface area contributed by atoms with Gasteiger partial charge < -0.3 is 33.4 Å². The first-order valence-electron chi connectivity index (χ1n) is 21.8. The van der Waals surface area contributed by atoms with Gasteiger partial charge in [-0.1, -0.05) is 32.9 Å². The number of aryl methyl sites for hydroxylation is 1. The third-order valence-electron chi connectivity index (χ3n) is 12.2. The number of carbonyl (C=O) groups is 3. The molecule has 4 aromatic rings. The van der Waals surface area contributed by atoms with Crippen LogP contribution in [0.3, 0.4) is 0 Å². The number of thiazole rings is 1. The van der Waals surface area contributed by atoms with Crippen LogP contribution in [0.15, 0.2) is 46.5 Å². The third kappa shape index (κ3) is 11.0. The maximum absolute atomic E-state index is 14.1. The second kappa shape index (κ2) is 18.9. The first-order valence-corrected chi connectivity index (χ1v) is 23.4. The summed E-state index contributed by atoms with van der Waals surface area (Å²) < 4.78 is 33.5. The quantitative estimate of drug-likeness (QED) is 0.0936. The number of esters is 1. The molecule has 2 N–H and O–H groups in total. The Balaban J connectivity index is 1.27. The number of carbonyl (C=O) groups excluding carboxylic acids is 3. The number of methoxy groups -OCH3 is 1. The van der Waals surface area contributed by atoms with Crippen LogP contribution in [0.25, 0.3) is 22.2 Å². The molecule has 342 valence electrons. The van der Waals surface area contributed by atoms with Gasteiger partial charge in [0.05, 0.1) is 40.3 Å². The number of rotatable bonds is 14. The molecule has 2 saturated heterocycles. The standard InChI is InChI=1S/C46H64BBrN6O8S/c1-14-53-34-18-17-29(47-61-45(9,10)46(11,12)62-47)22-31(34)32(39(53)30-16-15-20-49-38(30)28(3)58-13)24-44(7,8)26-59-41(56)37-27(2)19-21-54(52-37)40(55)33(23-36-51-35(48)25-63-36)50-42(57)60-43(4,5)6/h15-18,20,22,25,27-28,33,37,52H,14,19,21,23-24,26H2,1-13H3,(H,50,57)/t27-,28-,33-,37-/m0/s1. The summed E-state index contributed by atoms with van der Waals surface area (Å²) in [6.45, 7) is 24.9. The van der Waals surface area contributed by atoms with Crippen LogP contribution in [-0.4, -0.2) is 93.8 Å². The van der Waals surface area contributed by atoms with E-state index < -0.39 is 59.4 Å². The zero-order valence-corrected chi connectivity index (χ0v) is 41.4. The van der Waals surface area contributed by atoms with E-state index in [0.29, 0.717) is 35.5 Å². The molecular formula is C46H64BBrN6O8S. The molecule has 0 bridgehead atoms. The number of hydrazine groups is 1. The molecule has 14 nitrogen and oxygen atoms in total. The first-order chi connectivity index (χ1) is 29.4. The highest BCUT2D eigenvalue weighted by atomic mass is 79.9. The second-order valence-electron chi connectivity index (χ2n) is 19.5. The van der Waals surface area contributed by atoms with Crippen LogP contribution in [0.1, 0.15) is 112 Å². The van der Waals surface area contributed by atoms with Gasteiger partial charge in [-0.05, 0) is 126 Å². The SMILES string of the molecule is CCn1c(-c2cccnc2[C@H](C)OC)c(CC(C)(C)COC(=O)[C@H]2NN(C(=O)[C@H](Cc3nc(Br)cs3)NC(=O)OC(C)(C)C)CC[C@@H]2C)c2cc(B3OC(C)(C)C(C)(C)O3)ccc21. The van der Waals surface area contributed by atoms with Crippen LogP contribution >= 0.6 is 27.3 Å². The molecule has 0 saturated carbocycles. The predicted molar refractivity (Wildman–Crippen MR) is 250 cm³/mol. The Kier molecular flexibility index (Phi) is 14.6. The van der Waals surface area contributed by atoms with Crippen molar-refractivity contribution in [3.63, 3.8) is 0 Å². The van der Waals surface area contributed by atoms with Crippen LogP contribution in [0.2, 0.25) is 0 Å². The van der Waals surface area contributed by atoms with Gasteiger partial charge in [-0.15, -0.1) is 11.3 Å². The van der Waals surface area contributed by atoms with Crippen molar-refractivity contribution in [3.05, 3.63) is 62.8 Å². The average molecular weight is 952 g/mol. The Labute approximate surface area is 384 Å². The normalized spacial score (nSPS) is 19.8. The van der Waals surface area contributed by atoms with Gasteiger partial charge in [-0.3, -0.25) is 19.6 Å². The number of nitrogens with one attached hydrogen (secondary N) is 2. The summed E-state index contributed by atoms with van der Waals surface area (Å²) in [4.78, 5) is 50.4. The highest BCUT2D eigenvalue weighted by Gasteiger charge is 2.52. The number of alkyl carbamates (subject to hydrolysis) is 1. The number of pyridine rings is 1. The van der Waals surface area contributed by atoms with E-state index >= 15 is 0 Å². The van der Waals surface area contributed by atoms with E-state index in [-0.39, 0.29) is 25.0 Å². The third-order valence-corrected chi connectivity index (χ3v) is 13.8. The Morgan fingerprint density at radius 1 is 1.11 bits per heavy atom. The fourth-order valence-corrected chi connectivity index (χ4v) is 9.35. The van der Waals surface area contributed by atoms with E-state index in [1.54, 1.807) is 34.1 Å². The van der Waals surface area contributed by atoms with Gasteiger partial charge in [-0.25, -0.2) is 15.2 Å². The molecule has 0 spiro atoms. The van der Waals surface area contributed by atoms with Gasteiger partial charge in [0.25, 0.3) is 5.91 Å². The number of aromatic nitrogens is 3. The minimum atomic E-state index is -0.994. The summed E-state index contributed by atoms with van der Waals surface area (Å²) in [5.41, 5.74) is 6.72. The Hall–Kier alpha value is -3.87. The molecule has 2 aliphatic heterocycles. The number of ether oxygens (including phenoxy) is 3. The summed E-state index contributed by atoms with van der Waals surface area (Å²) >= 11 is 4.75. The van der Waals surface area contributed by atoms with Gasteiger partial charge >= 0.3 is 19.2 Å². The van der Waals surface area contributed by atoms with Crippen LogP contribution in [0.4, 0.5) is 4.79 Å². The fourth-order valence-electron chi connectivity index (χ4n) is 8.03. The number of halogens is 1. The van der Waals surface area contributed by atoms with Crippen molar-refractivity contribution < 1.29 is 37.9 Å². The average Bonchev–Trinajstić information content (AvgIpc) is 3.83. The van der Waals surface area contributed by atoms with Crippen molar-refractivity contribution >= 4 is 68.7 Å². The van der Waals surface area contributed by atoms with E-state index in [2.05, 4.69) is 109 Å². The number of hydrogen-bond acceptors (Lipinski definition) is 12. The molecule has 6 rings (SSSR count). The lowest BCUT2D eigenvalue weighted by Crippen LogP contribution is -2.62. The monoisotopic (exact) mass is 950 g/mol. The molecule has 0 aliphatic carbocycles. The van der Waals surface area contributed by atoms with Crippen LogP contribution in [0, 0.1) is 11.3 Å². The highest BCUT2D eigenvalue weighted by molar-refractivity contribution is 9.10. The molecule has 2 amide bonds. The summed E-state index contributed by atoms with van der Waals surface area (Å²) in [5.74, 6) is -1.00. The minimum Gasteiger partial charge on any atom is -0.464 e. The van der Waals surface area contributed by atoms with Gasteiger partial charge in [0.2, 0.25) is 0 Å². The summed E-state index contributed by atoms with van der Waals surface area (Å²) in [7, 11) is 1.14. The van der Waals surface area contributed by atoms with Crippen molar-refractivity contribution in [1.82, 2.24) is 30.3 Å². The van der Waals surface area contributed by atoms with Crippen LogP contribution in [0.5, 0.6) is 0 Å². The van der Waals surface area contributed by atoms with Gasteiger partial charge in [0, 0.05) is 60.1 Å². The second-order valence-corrected chi connectivity index (χ2v) is 21.3. The Morgan fingerprint density at radius 2 is 1.81 bits per heavy atom. The lowest BCUT2D eigenvalue weighted by molar-refractivity contribution is -0.157. The molecule has 17 heteroatoms. The van der Waals surface area contributed by atoms with E-state index in [0.717, 1.165) is 38.9 Å². The fraction of sp³-hybridized carbons (Fsp3) is 0.587. The molecule has 0 unspecified atom stereocenters. The topological polar surface area (TPSA) is 155 Å². The van der Waals surface area contributed by atoms with Gasteiger partial charge in [0.1, 0.15) is 22.3 Å². The van der Waals surface area contributed by atoms with E-state index in [9.17, 15) is 14.4 Å². The molecule has 4 atom stereocenters. The number of amides is 2. The summed E-state index contributed by atoms with van der Waals surface area (Å²) in [5, 5.41) is 7.68. The molecule has 0 radical (unpaired) electrons. The number of benzene rings is 1. The van der Waals surface area contributed by atoms with E-state index in [1.807, 2.05) is 25.3 Å². The number of nitrogens with zero attached hydrogens (tertiary/aromatic N) is 4. The lowest BCUT2D eigenvalue weighted by atomic mass is 9.77. The zero-order chi connectivity index (χ0) is 46.2. The molecule has 2 aliphatic rings. The van der Waals surface area contributed by atoms with E-state index in [1.165, 1.54) is 16.3 Å². The number of fused-ring (bicyclic) bond motifs is 1. The van der Waals surface area contributed by atoms with Crippen molar-refractivity contribution in [2.45, 2.75) is 144 Å².